The van der Waals surface area contributed by atoms with Crippen molar-refractivity contribution in [2.45, 2.75) is 12.4 Å². The van der Waals surface area contributed by atoms with Crippen LogP contribution in [0.4, 0.5) is 26.3 Å². The standard InChI is InChI=1S/C20H11F6N3/c21-19(22,23)15-11-14(12-7-3-1-4-8-12)27-18-16(13-9-5-2-6-10-13)17(20(24,25)26)28-29(15)18/h1-11H. The summed E-state index contributed by atoms with van der Waals surface area (Å²) < 4.78 is 82.2. The van der Waals surface area contributed by atoms with Crippen LogP contribution in [0.2, 0.25) is 0 Å². The van der Waals surface area contributed by atoms with Gasteiger partial charge in [-0.05, 0) is 11.6 Å². The molecule has 0 bridgehead atoms. The van der Waals surface area contributed by atoms with Gasteiger partial charge in [0.2, 0.25) is 0 Å². The fraction of sp³-hybridized carbons (Fsp3) is 0.100. The van der Waals surface area contributed by atoms with Gasteiger partial charge in [-0.15, -0.1) is 0 Å². The topological polar surface area (TPSA) is 30.2 Å². The SMILES string of the molecule is FC(F)(F)c1nn2c(C(F)(F)F)cc(-c3ccccc3)nc2c1-c1ccccc1. The van der Waals surface area contributed by atoms with E-state index >= 15 is 0 Å². The molecule has 148 valence electrons. The summed E-state index contributed by atoms with van der Waals surface area (Å²) in [6.07, 6.45) is -9.90. The van der Waals surface area contributed by atoms with Gasteiger partial charge in [0, 0.05) is 5.56 Å². The number of fused-ring (bicyclic) bond motifs is 1. The Balaban J connectivity index is 2.15. The van der Waals surface area contributed by atoms with E-state index in [-0.39, 0.29) is 15.8 Å². The highest BCUT2D eigenvalue weighted by atomic mass is 19.4. The number of hydrogen-bond donors (Lipinski definition) is 0. The van der Waals surface area contributed by atoms with E-state index in [0.29, 0.717) is 11.6 Å². The Morgan fingerprint density at radius 2 is 1.24 bits per heavy atom. The zero-order chi connectivity index (χ0) is 20.8. The number of hydrogen-bond acceptors (Lipinski definition) is 2. The van der Waals surface area contributed by atoms with Crippen molar-refractivity contribution in [1.82, 2.24) is 14.6 Å². The van der Waals surface area contributed by atoms with Crippen LogP contribution >= 0.6 is 0 Å². The lowest BCUT2D eigenvalue weighted by molar-refractivity contribution is -0.146. The normalized spacial score (nSPS) is 12.5. The Labute approximate surface area is 160 Å². The van der Waals surface area contributed by atoms with Crippen molar-refractivity contribution in [3.05, 3.63) is 78.1 Å². The Hall–Kier alpha value is -3.36. The van der Waals surface area contributed by atoms with E-state index in [1.165, 1.54) is 36.4 Å². The number of nitrogens with zero attached hydrogens (tertiary/aromatic N) is 3. The Kier molecular flexibility index (Phi) is 4.33. The lowest BCUT2D eigenvalue weighted by Gasteiger charge is -2.11. The maximum atomic E-state index is 13.7. The highest BCUT2D eigenvalue weighted by Crippen LogP contribution is 2.41. The Bertz CT molecular complexity index is 1160. The second kappa shape index (κ2) is 6.61. The number of aromatic nitrogens is 3. The molecule has 4 aromatic rings. The second-order valence-corrected chi connectivity index (χ2v) is 6.21. The average molecular weight is 407 g/mol. The van der Waals surface area contributed by atoms with Crippen LogP contribution in [-0.2, 0) is 12.4 Å². The molecule has 29 heavy (non-hydrogen) atoms. The van der Waals surface area contributed by atoms with E-state index in [4.69, 9.17) is 0 Å². The smallest absolute Gasteiger partial charge is 0.228 e. The third-order valence-corrected chi connectivity index (χ3v) is 4.28. The summed E-state index contributed by atoms with van der Waals surface area (Å²) in [7, 11) is 0. The zero-order valence-electron chi connectivity index (χ0n) is 14.5. The van der Waals surface area contributed by atoms with E-state index in [9.17, 15) is 26.3 Å². The summed E-state index contributed by atoms with van der Waals surface area (Å²) in [6.45, 7) is 0. The van der Waals surface area contributed by atoms with Gasteiger partial charge in [-0.25, -0.2) is 9.50 Å². The van der Waals surface area contributed by atoms with Gasteiger partial charge in [-0.2, -0.15) is 31.4 Å². The van der Waals surface area contributed by atoms with E-state index in [0.717, 1.165) is 0 Å². The van der Waals surface area contributed by atoms with Crippen molar-refractivity contribution < 1.29 is 26.3 Å². The number of halogens is 6. The number of benzene rings is 2. The van der Waals surface area contributed by atoms with Gasteiger partial charge in [0.05, 0.1) is 11.3 Å². The molecule has 2 aromatic carbocycles. The molecule has 0 N–H and O–H groups in total. The lowest BCUT2D eigenvalue weighted by Crippen LogP contribution is -2.14. The molecular formula is C20H11F6N3. The first-order chi connectivity index (χ1) is 13.7. The molecule has 0 spiro atoms. The van der Waals surface area contributed by atoms with Crippen molar-refractivity contribution in [3.63, 3.8) is 0 Å². The van der Waals surface area contributed by atoms with Crippen LogP contribution in [-0.4, -0.2) is 14.6 Å². The molecule has 0 saturated carbocycles. The quantitative estimate of drug-likeness (QED) is 0.376. The molecule has 0 radical (unpaired) electrons. The highest BCUT2D eigenvalue weighted by molar-refractivity contribution is 5.82. The van der Waals surface area contributed by atoms with Crippen LogP contribution in [0.5, 0.6) is 0 Å². The van der Waals surface area contributed by atoms with Gasteiger partial charge in [-0.1, -0.05) is 60.7 Å². The van der Waals surface area contributed by atoms with Gasteiger partial charge >= 0.3 is 12.4 Å². The minimum Gasteiger partial charge on any atom is -0.228 e. The van der Waals surface area contributed by atoms with E-state index < -0.39 is 35.0 Å². The first-order valence-corrected chi connectivity index (χ1v) is 8.35. The number of alkyl halides is 6. The van der Waals surface area contributed by atoms with Crippen molar-refractivity contribution in [2.24, 2.45) is 0 Å². The Morgan fingerprint density at radius 1 is 0.690 bits per heavy atom. The number of rotatable bonds is 2. The van der Waals surface area contributed by atoms with Gasteiger partial charge in [-0.3, -0.25) is 0 Å². The van der Waals surface area contributed by atoms with Gasteiger partial charge in [0.15, 0.2) is 17.0 Å². The summed E-state index contributed by atoms with van der Waals surface area (Å²) in [5, 5.41) is 3.27. The largest absolute Gasteiger partial charge is 0.435 e. The molecule has 0 fully saturated rings. The first kappa shape index (κ1) is 19.0. The third kappa shape index (κ3) is 3.43. The fourth-order valence-electron chi connectivity index (χ4n) is 3.05. The van der Waals surface area contributed by atoms with Crippen LogP contribution in [0, 0.1) is 0 Å². The molecule has 2 aromatic heterocycles. The summed E-state index contributed by atoms with van der Waals surface area (Å²) in [6, 6.07) is 15.9. The maximum absolute atomic E-state index is 13.7. The van der Waals surface area contributed by atoms with Crippen molar-refractivity contribution >= 4 is 5.65 Å². The van der Waals surface area contributed by atoms with Crippen molar-refractivity contribution in [3.8, 4) is 22.4 Å². The second-order valence-electron chi connectivity index (χ2n) is 6.21. The van der Waals surface area contributed by atoms with Crippen LogP contribution in [0.15, 0.2) is 66.7 Å². The van der Waals surface area contributed by atoms with Crippen molar-refractivity contribution in [2.75, 3.05) is 0 Å². The van der Waals surface area contributed by atoms with Gasteiger partial charge in [0.1, 0.15) is 0 Å². The fourth-order valence-corrected chi connectivity index (χ4v) is 3.05. The van der Waals surface area contributed by atoms with Crippen LogP contribution < -0.4 is 0 Å². The Morgan fingerprint density at radius 3 is 1.76 bits per heavy atom. The molecule has 2 heterocycles. The molecule has 4 rings (SSSR count). The molecule has 0 atom stereocenters. The third-order valence-electron chi connectivity index (χ3n) is 4.28. The molecule has 0 aliphatic rings. The molecule has 0 amide bonds. The molecule has 0 unspecified atom stereocenters. The van der Waals surface area contributed by atoms with Gasteiger partial charge in [0.25, 0.3) is 0 Å². The minimum absolute atomic E-state index is 0.0701. The average Bonchev–Trinajstić information content (AvgIpc) is 3.07. The minimum atomic E-state index is -4.96. The lowest BCUT2D eigenvalue weighted by atomic mass is 10.1. The van der Waals surface area contributed by atoms with Gasteiger partial charge < -0.3 is 0 Å². The predicted octanol–water partition coefficient (Wildman–Crippen LogP) is 6.10. The maximum Gasteiger partial charge on any atom is 0.435 e. The molecule has 0 saturated heterocycles. The van der Waals surface area contributed by atoms with Crippen molar-refractivity contribution in [1.29, 1.82) is 0 Å². The summed E-state index contributed by atoms with van der Waals surface area (Å²) in [5.41, 5.74) is -3.47. The van der Waals surface area contributed by atoms with E-state index in [1.54, 1.807) is 24.3 Å². The molecule has 3 nitrogen and oxygen atoms in total. The monoisotopic (exact) mass is 407 g/mol. The molecule has 0 aliphatic heterocycles. The molecule has 9 heteroatoms. The van der Waals surface area contributed by atoms with Crippen LogP contribution in [0.3, 0.4) is 0 Å². The van der Waals surface area contributed by atoms with Crippen LogP contribution in [0.25, 0.3) is 28.0 Å². The van der Waals surface area contributed by atoms with E-state index in [2.05, 4.69) is 10.1 Å². The summed E-state index contributed by atoms with van der Waals surface area (Å²) >= 11 is 0. The van der Waals surface area contributed by atoms with Crippen LogP contribution in [0.1, 0.15) is 11.4 Å². The molecule has 0 aliphatic carbocycles. The highest BCUT2D eigenvalue weighted by Gasteiger charge is 2.42. The van der Waals surface area contributed by atoms with E-state index in [1.807, 2.05) is 0 Å². The first-order valence-electron chi connectivity index (χ1n) is 8.35. The zero-order valence-corrected chi connectivity index (χ0v) is 14.5. The summed E-state index contributed by atoms with van der Waals surface area (Å²) in [4.78, 5) is 4.13. The molecular weight excluding hydrogens is 396 g/mol. The predicted molar refractivity (Wildman–Crippen MR) is 93.9 cm³/mol. The summed E-state index contributed by atoms with van der Waals surface area (Å²) in [5.74, 6) is 0.